The van der Waals surface area contributed by atoms with E-state index < -0.39 is 5.97 Å². The first-order chi connectivity index (χ1) is 7.37. The maximum Gasteiger partial charge on any atom is 0.337 e. The zero-order valence-electron chi connectivity index (χ0n) is 9.78. The second-order valence-electron chi connectivity index (χ2n) is 4.24. The lowest BCUT2D eigenvalue weighted by molar-refractivity contribution is 0.0695. The number of nitrogens with two attached hydrogens (primary N) is 1. The van der Waals surface area contributed by atoms with Gasteiger partial charge in [0.1, 0.15) is 11.4 Å². The Bertz CT molecular complexity index is 399. The normalized spacial score (nSPS) is 11.2. The fourth-order valence-corrected chi connectivity index (χ4v) is 1.19. The number of benzene rings is 1. The van der Waals surface area contributed by atoms with E-state index in [1.165, 1.54) is 6.07 Å². The Labute approximate surface area is 95.0 Å². The Morgan fingerprint density at radius 2 is 2.12 bits per heavy atom. The van der Waals surface area contributed by atoms with Crippen LogP contribution in [0.3, 0.4) is 0 Å². The Hall–Kier alpha value is -1.71. The summed E-state index contributed by atoms with van der Waals surface area (Å²) in [6.07, 6.45) is 0.809. The van der Waals surface area contributed by atoms with Crippen LogP contribution < -0.4 is 10.5 Å². The molecule has 0 aromatic heterocycles. The first-order valence-corrected chi connectivity index (χ1v) is 5.18. The van der Waals surface area contributed by atoms with Gasteiger partial charge in [-0.2, -0.15) is 0 Å². The highest BCUT2D eigenvalue weighted by atomic mass is 16.5. The number of para-hydroxylation sites is 1. The van der Waals surface area contributed by atoms with E-state index in [0.29, 0.717) is 5.75 Å². The van der Waals surface area contributed by atoms with Crippen molar-refractivity contribution in [1.82, 2.24) is 0 Å². The van der Waals surface area contributed by atoms with E-state index in [1.807, 2.05) is 20.8 Å². The Kier molecular flexibility index (Phi) is 3.42. The van der Waals surface area contributed by atoms with E-state index in [4.69, 9.17) is 15.6 Å². The van der Waals surface area contributed by atoms with Gasteiger partial charge in [0.05, 0.1) is 11.3 Å². The van der Waals surface area contributed by atoms with E-state index >= 15 is 0 Å². The van der Waals surface area contributed by atoms with Gasteiger partial charge in [-0.15, -0.1) is 0 Å². The van der Waals surface area contributed by atoms with E-state index in [0.717, 1.165) is 6.42 Å². The van der Waals surface area contributed by atoms with Crippen LogP contribution in [0.5, 0.6) is 5.75 Å². The fourth-order valence-electron chi connectivity index (χ4n) is 1.19. The molecule has 0 amide bonds. The van der Waals surface area contributed by atoms with Crippen LogP contribution in [0.2, 0.25) is 0 Å². The number of hydrogen-bond donors (Lipinski definition) is 2. The number of anilines is 1. The third-order valence-corrected chi connectivity index (χ3v) is 2.53. The van der Waals surface area contributed by atoms with Crippen molar-refractivity contribution in [2.75, 3.05) is 5.73 Å². The molecule has 88 valence electrons. The minimum absolute atomic E-state index is 0.0735. The summed E-state index contributed by atoms with van der Waals surface area (Å²) in [5.41, 5.74) is 5.64. The van der Waals surface area contributed by atoms with Crippen molar-refractivity contribution in [3.8, 4) is 5.75 Å². The molecule has 4 heteroatoms. The van der Waals surface area contributed by atoms with E-state index in [9.17, 15) is 4.79 Å². The SMILES string of the molecule is CCC(C)(C)Oc1cccc(C(=O)O)c1N. The molecule has 0 unspecified atom stereocenters. The number of ether oxygens (including phenoxy) is 1. The Morgan fingerprint density at radius 1 is 1.50 bits per heavy atom. The van der Waals surface area contributed by atoms with E-state index in [-0.39, 0.29) is 16.9 Å². The lowest BCUT2D eigenvalue weighted by atomic mass is 10.1. The van der Waals surface area contributed by atoms with Crippen LogP contribution in [0.25, 0.3) is 0 Å². The van der Waals surface area contributed by atoms with Gasteiger partial charge in [-0.25, -0.2) is 4.79 Å². The van der Waals surface area contributed by atoms with Gasteiger partial charge in [0, 0.05) is 0 Å². The third-order valence-electron chi connectivity index (χ3n) is 2.53. The van der Waals surface area contributed by atoms with Crippen LogP contribution in [-0.4, -0.2) is 16.7 Å². The average molecular weight is 223 g/mol. The standard InChI is InChI=1S/C12H17NO3/c1-4-12(2,3)16-9-7-5-6-8(10(9)13)11(14)15/h5-7H,4,13H2,1-3H3,(H,14,15). The monoisotopic (exact) mass is 223 g/mol. The highest BCUT2D eigenvalue weighted by Crippen LogP contribution is 2.29. The van der Waals surface area contributed by atoms with Crippen LogP contribution >= 0.6 is 0 Å². The van der Waals surface area contributed by atoms with Crippen molar-refractivity contribution in [1.29, 1.82) is 0 Å². The minimum atomic E-state index is -1.04. The first-order valence-electron chi connectivity index (χ1n) is 5.18. The maximum atomic E-state index is 10.9. The number of nitrogen functional groups attached to an aromatic ring is 1. The molecular formula is C12H17NO3. The molecule has 0 fully saturated rings. The van der Waals surface area contributed by atoms with Crippen molar-refractivity contribution < 1.29 is 14.6 Å². The molecule has 0 heterocycles. The smallest absolute Gasteiger partial charge is 0.337 e. The number of carboxylic acid groups (broad SMARTS) is 1. The molecule has 0 aliphatic heterocycles. The van der Waals surface area contributed by atoms with Crippen molar-refractivity contribution >= 4 is 11.7 Å². The van der Waals surface area contributed by atoms with Crippen LogP contribution in [-0.2, 0) is 0 Å². The summed E-state index contributed by atoms with van der Waals surface area (Å²) in [4.78, 5) is 10.9. The van der Waals surface area contributed by atoms with Gasteiger partial charge in [-0.3, -0.25) is 0 Å². The van der Waals surface area contributed by atoms with E-state index in [2.05, 4.69) is 0 Å². The van der Waals surface area contributed by atoms with Crippen LogP contribution in [0.1, 0.15) is 37.6 Å². The quantitative estimate of drug-likeness (QED) is 0.769. The van der Waals surface area contributed by atoms with Crippen molar-refractivity contribution in [3.63, 3.8) is 0 Å². The summed E-state index contributed by atoms with van der Waals surface area (Å²) in [6.45, 7) is 5.86. The number of rotatable bonds is 4. The van der Waals surface area contributed by atoms with Gasteiger partial charge in [0.25, 0.3) is 0 Å². The third kappa shape index (κ3) is 2.66. The molecule has 16 heavy (non-hydrogen) atoms. The number of carboxylic acids is 1. The van der Waals surface area contributed by atoms with Crippen LogP contribution in [0.4, 0.5) is 5.69 Å². The summed E-state index contributed by atoms with van der Waals surface area (Å²) in [5, 5.41) is 8.91. The largest absolute Gasteiger partial charge is 0.486 e. The molecule has 0 aliphatic rings. The summed E-state index contributed by atoms with van der Waals surface area (Å²) >= 11 is 0. The zero-order chi connectivity index (χ0) is 12.3. The lowest BCUT2D eigenvalue weighted by Gasteiger charge is -2.26. The fraction of sp³-hybridized carbons (Fsp3) is 0.417. The van der Waals surface area contributed by atoms with Crippen molar-refractivity contribution in [3.05, 3.63) is 23.8 Å². The van der Waals surface area contributed by atoms with Gasteiger partial charge in [-0.05, 0) is 32.4 Å². The summed E-state index contributed by atoms with van der Waals surface area (Å²) in [7, 11) is 0. The number of hydrogen-bond acceptors (Lipinski definition) is 3. The molecule has 1 aromatic rings. The average Bonchev–Trinajstić information content (AvgIpc) is 2.20. The summed E-state index contributed by atoms with van der Waals surface area (Å²) in [6, 6.07) is 4.77. The van der Waals surface area contributed by atoms with Crippen LogP contribution in [0, 0.1) is 0 Å². The molecule has 0 spiro atoms. The molecule has 0 aliphatic carbocycles. The van der Waals surface area contributed by atoms with Gasteiger partial charge in [-0.1, -0.05) is 13.0 Å². The Balaban J connectivity index is 3.07. The second kappa shape index (κ2) is 4.43. The molecule has 3 N–H and O–H groups in total. The van der Waals surface area contributed by atoms with Crippen molar-refractivity contribution in [2.24, 2.45) is 0 Å². The topological polar surface area (TPSA) is 72.5 Å². The molecule has 0 bridgehead atoms. The molecule has 0 saturated heterocycles. The van der Waals surface area contributed by atoms with E-state index in [1.54, 1.807) is 12.1 Å². The Morgan fingerprint density at radius 3 is 2.62 bits per heavy atom. The zero-order valence-corrected chi connectivity index (χ0v) is 9.78. The molecule has 4 nitrogen and oxygen atoms in total. The molecule has 1 aromatic carbocycles. The molecule has 1 rings (SSSR count). The number of aromatic carboxylic acids is 1. The van der Waals surface area contributed by atoms with Gasteiger partial charge >= 0.3 is 5.97 Å². The maximum absolute atomic E-state index is 10.9. The predicted octanol–water partition coefficient (Wildman–Crippen LogP) is 2.53. The first kappa shape index (κ1) is 12.4. The van der Waals surface area contributed by atoms with Crippen molar-refractivity contribution in [2.45, 2.75) is 32.8 Å². The summed E-state index contributed by atoms with van der Waals surface area (Å²) in [5.74, 6) is -0.621. The van der Waals surface area contributed by atoms with Gasteiger partial charge in [0.15, 0.2) is 0 Å². The highest BCUT2D eigenvalue weighted by Gasteiger charge is 2.20. The summed E-state index contributed by atoms with van der Waals surface area (Å²) < 4.78 is 5.68. The molecular weight excluding hydrogens is 206 g/mol. The molecule has 0 saturated carbocycles. The highest BCUT2D eigenvalue weighted by molar-refractivity contribution is 5.95. The second-order valence-corrected chi connectivity index (χ2v) is 4.24. The predicted molar refractivity (Wildman–Crippen MR) is 62.8 cm³/mol. The molecule has 0 radical (unpaired) electrons. The number of carbonyl (C=O) groups is 1. The van der Waals surface area contributed by atoms with Gasteiger partial charge < -0.3 is 15.6 Å². The molecule has 0 atom stereocenters. The minimum Gasteiger partial charge on any atom is -0.486 e. The van der Waals surface area contributed by atoms with Gasteiger partial charge in [0.2, 0.25) is 0 Å². The van der Waals surface area contributed by atoms with Crippen LogP contribution in [0.15, 0.2) is 18.2 Å². The lowest BCUT2D eigenvalue weighted by Crippen LogP contribution is -2.27.